The van der Waals surface area contributed by atoms with Crippen molar-refractivity contribution in [1.82, 2.24) is 14.9 Å². The first kappa shape index (κ1) is 23.4. The Balaban J connectivity index is 1.70. The zero-order chi connectivity index (χ0) is 22.4. The first-order valence-corrected chi connectivity index (χ1v) is 12.4. The maximum atomic E-state index is 12.9. The van der Waals surface area contributed by atoms with Gasteiger partial charge in [-0.05, 0) is 46.5 Å². The fourth-order valence-corrected chi connectivity index (χ4v) is 5.31. The van der Waals surface area contributed by atoms with E-state index in [2.05, 4.69) is 10.6 Å². The van der Waals surface area contributed by atoms with E-state index < -0.39 is 22.0 Å². The van der Waals surface area contributed by atoms with Crippen molar-refractivity contribution in [2.24, 2.45) is 5.92 Å². The summed E-state index contributed by atoms with van der Waals surface area (Å²) in [5, 5.41) is 9.46. The molecule has 1 fully saturated rings. The van der Waals surface area contributed by atoms with Crippen molar-refractivity contribution in [3.05, 3.63) is 52.2 Å². The summed E-state index contributed by atoms with van der Waals surface area (Å²) in [6.07, 6.45) is 0. The molecule has 1 unspecified atom stereocenters. The molecular formula is C21H27N3O5S2. The number of ether oxygens (including phenoxy) is 1. The number of amides is 2. The lowest BCUT2D eigenvalue weighted by molar-refractivity contribution is -0.124. The second kappa shape index (κ2) is 10.4. The lowest BCUT2D eigenvalue weighted by atomic mass is 10.0. The minimum atomic E-state index is -3.72. The largest absolute Gasteiger partial charge is 0.379 e. The predicted molar refractivity (Wildman–Crippen MR) is 118 cm³/mol. The van der Waals surface area contributed by atoms with Crippen molar-refractivity contribution in [3.8, 4) is 0 Å². The molecular weight excluding hydrogens is 438 g/mol. The van der Waals surface area contributed by atoms with Crippen molar-refractivity contribution >= 4 is 33.2 Å². The fourth-order valence-electron chi connectivity index (χ4n) is 3.19. The van der Waals surface area contributed by atoms with Crippen LogP contribution in [0.15, 0.2) is 46.0 Å². The van der Waals surface area contributed by atoms with Gasteiger partial charge in [-0.3, -0.25) is 9.59 Å². The molecule has 10 heteroatoms. The molecule has 1 aliphatic heterocycles. The number of hydrogen-bond donors (Lipinski definition) is 2. The van der Waals surface area contributed by atoms with E-state index in [-0.39, 0.29) is 35.4 Å². The highest BCUT2D eigenvalue weighted by Gasteiger charge is 2.28. The van der Waals surface area contributed by atoms with Crippen molar-refractivity contribution in [2.75, 3.05) is 26.3 Å². The predicted octanol–water partition coefficient (Wildman–Crippen LogP) is 1.84. The number of carbonyl (C=O) groups excluding carboxylic acids is 2. The van der Waals surface area contributed by atoms with E-state index in [9.17, 15) is 18.0 Å². The topological polar surface area (TPSA) is 105 Å². The molecule has 0 bridgehead atoms. The summed E-state index contributed by atoms with van der Waals surface area (Å²) < 4.78 is 32.3. The molecule has 2 N–H and O–H groups in total. The first-order chi connectivity index (χ1) is 14.8. The number of benzene rings is 1. The van der Waals surface area contributed by atoms with E-state index in [1.54, 1.807) is 11.3 Å². The second-order valence-corrected chi connectivity index (χ2v) is 10.3. The average molecular weight is 466 g/mol. The van der Waals surface area contributed by atoms with Gasteiger partial charge < -0.3 is 15.4 Å². The number of nitrogens with one attached hydrogen (secondary N) is 2. The third-order valence-corrected chi connectivity index (χ3v) is 7.61. The zero-order valence-electron chi connectivity index (χ0n) is 17.5. The maximum Gasteiger partial charge on any atom is 0.251 e. The monoisotopic (exact) mass is 465 g/mol. The van der Waals surface area contributed by atoms with Crippen LogP contribution in [0.5, 0.6) is 0 Å². The number of morpholine rings is 1. The summed E-state index contributed by atoms with van der Waals surface area (Å²) in [5.74, 6) is -0.929. The van der Waals surface area contributed by atoms with Crippen LogP contribution in [0.3, 0.4) is 0 Å². The molecule has 2 amide bonds. The van der Waals surface area contributed by atoms with Crippen LogP contribution in [0.1, 0.15) is 29.8 Å². The molecule has 2 aromatic rings. The van der Waals surface area contributed by atoms with Crippen molar-refractivity contribution in [1.29, 1.82) is 0 Å². The quantitative estimate of drug-likeness (QED) is 0.619. The molecule has 1 atom stereocenters. The van der Waals surface area contributed by atoms with Crippen LogP contribution in [0.25, 0.3) is 0 Å². The number of rotatable bonds is 8. The Bertz CT molecular complexity index is 1000. The van der Waals surface area contributed by atoms with E-state index in [1.165, 1.54) is 28.6 Å². The van der Waals surface area contributed by atoms with E-state index >= 15 is 0 Å². The fraction of sp³-hybridized carbons (Fsp3) is 0.429. The van der Waals surface area contributed by atoms with Gasteiger partial charge in [0.2, 0.25) is 15.9 Å². The highest BCUT2D eigenvalue weighted by molar-refractivity contribution is 7.89. The van der Waals surface area contributed by atoms with E-state index in [1.807, 2.05) is 30.7 Å². The number of hydrogen-bond acceptors (Lipinski definition) is 6. The van der Waals surface area contributed by atoms with Gasteiger partial charge in [-0.1, -0.05) is 19.9 Å². The van der Waals surface area contributed by atoms with Crippen LogP contribution >= 0.6 is 11.3 Å². The van der Waals surface area contributed by atoms with Gasteiger partial charge in [0.05, 0.1) is 18.1 Å². The number of carbonyl (C=O) groups is 2. The minimum Gasteiger partial charge on any atom is -0.379 e. The molecule has 1 aromatic carbocycles. The third-order valence-electron chi connectivity index (χ3n) is 4.99. The van der Waals surface area contributed by atoms with Gasteiger partial charge in [-0.2, -0.15) is 15.6 Å². The van der Waals surface area contributed by atoms with Crippen LogP contribution in [0.4, 0.5) is 0 Å². The van der Waals surface area contributed by atoms with Crippen LogP contribution in [-0.4, -0.2) is 56.9 Å². The molecule has 1 aromatic heterocycles. The molecule has 31 heavy (non-hydrogen) atoms. The van der Waals surface area contributed by atoms with Gasteiger partial charge >= 0.3 is 0 Å². The lowest BCUT2D eigenvalue weighted by Gasteiger charge is -2.26. The molecule has 0 spiro atoms. The Hall–Kier alpha value is -2.27. The summed E-state index contributed by atoms with van der Waals surface area (Å²) >= 11 is 1.55. The highest BCUT2D eigenvalue weighted by Crippen LogP contribution is 2.19. The summed E-state index contributed by atoms with van der Waals surface area (Å²) in [6.45, 7) is 5.31. The summed E-state index contributed by atoms with van der Waals surface area (Å²) in [5.41, 5.74) is 1.18. The number of sulfonamides is 1. The molecule has 1 saturated heterocycles. The van der Waals surface area contributed by atoms with Crippen molar-refractivity contribution in [2.45, 2.75) is 31.3 Å². The van der Waals surface area contributed by atoms with Gasteiger partial charge in [-0.15, -0.1) is 0 Å². The minimum absolute atomic E-state index is 0.0463. The Labute approximate surface area is 186 Å². The summed E-state index contributed by atoms with van der Waals surface area (Å²) in [7, 11) is -3.72. The Kier molecular flexibility index (Phi) is 7.82. The molecule has 0 saturated carbocycles. The smallest absolute Gasteiger partial charge is 0.251 e. The summed E-state index contributed by atoms with van der Waals surface area (Å²) in [6, 6.07) is 7.06. The average Bonchev–Trinajstić information content (AvgIpc) is 3.30. The standard InChI is InChI=1S/C21H27N3O5S2/c1-15(2)19(21(26)22-13-16-6-11-30-14-16)23-20(25)17-4-3-5-18(12-17)31(27,28)24-7-9-29-10-8-24/h3-6,11-12,14-15,19H,7-10,13H2,1-2H3,(H,22,26)(H,23,25). The van der Waals surface area contributed by atoms with Crippen LogP contribution in [0, 0.1) is 5.92 Å². The van der Waals surface area contributed by atoms with E-state index in [0.717, 1.165) is 5.56 Å². The van der Waals surface area contributed by atoms with Gasteiger partial charge in [0.15, 0.2) is 0 Å². The second-order valence-electron chi connectivity index (χ2n) is 7.59. The molecule has 2 heterocycles. The summed E-state index contributed by atoms with van der Waals surface area (Å²) in [4.78, 5) is 25.5. The third kappa shape index (κ3) is 5.91. The molecule has 0 aliphatic carbocycles. The molecule has 168 valence electrons. The lowest BCUT2D eigenvalue weighted by Crippen LogP contribution is -2.49. The highest BCUT2D eigenvalue weighted by atomic mass is 32.2. The number of nitrogens with zero attached hydrogens (tertiary/aromatic N) is 1. The van der Waals surface area contributed by atoms with Crippen LogP contribution in [0.2, 0.25) is 0 Å². The van der Waals surface area contributed by atoms with E-state index in [4.69, 9.17) is 4.74 Å². The SMILES string of the molecule is CC(C)C(NC(=O)c1cccc(S(=O)(=O)N2CCOCC2)c1)C(=O)NCc1ccsc1. The first-order valence-electron chi connectivity index (χ1n) is 10.1. The van der Waals surface area contributed by atoms with E-state index in [0.29, 0.717) is 19.8 Å². The number of thiophene rings is 1. The Morgan fingerprint density at radius 3 is 2.58 bits per heavy atom. The van der Waals surface area contributed by atoms with Gasteiger partial charge in [-0.25, -0.2) is 8.42 Å². The van der Waals surface area contributed by atoms with Crippen molar-refractivity contribution in [3.63, 3.8) is 0 Å². The zero-order valence-corrected chi connectivity index (χ0v) is 19.2. The molecule has 0 radical (unpaired) electrons. The molecule has 8 nitrogen and oxygen atoms in total. The Morgan fingerprint density at radius 2 is 1.94 bits per heavy atom. The molecule has 1 aliphatic rings. The Morgan fingerprint density at radius 1 is 1.19 bits per heavy atom. The van der Waals surface area contributed by atoms with Crippen LogP contribution in [-0.2, 0) is 26.1 Å². The van der Waals surface area contributed by atoms with Crippen molar-refractivity contribution < 1.29 is 22.7 Å². The van der Waals surface area contributed by atoms with Gasteiger partial charge in [0.1, 0.15) is 6.04 Å². The van der Waals surface area contributed by atoms with Gasteiger partial charge in [0, 0.05) is 25.2 Å². The normalized spacial score (nSPS) is 16.1. The molecule has 3 rings (SSSR count). The van der Waals surface area contributed by atoms with Crippen LogP contribution < -0.4 is 10.6 Å². The maximum absolute atomic E-state index is 12.9. The van der Waals surface area contributed by atoms with Gasteiger partial charge in [0.25, 0.3) is 5.91 Å².